The van der Waals surface area contributed by atoms with Crippen LogP contribution in [0.2, 0.25) is 0 Å². The summed E-state index contributed by atoms with van der Waals surface area (Å²) in [7, 11) is -2.92. The minimum atomic E-state index is -2.92. The van der Waals surface area contributed by atoms with E-state index in [1.165, 1.54) is 40.9 Å². The molecular weight excluding hydrogens is 893 g/mol. The van der Waals surface area contributed by atoms with Crippen LogP contribution >= 0.6 is 11.3 Å². The van der Waals surface area contributed by atoms with E-state index in [0.29, 0.717) is 11.8 Å². The van der Waals surface area contributed by atoms with Crippen LogP contribution in [0.15, 0.2) is 231 Å². The second-order valence-electron chi connectivity index (χ2n) is 17.9. The van der Waals surface area contributed by atoms with Gasteiger partial charge in [-0.1, -0.05) is 164 Å². The van der Waals surface area contributed by atoms with Gasteiger partial charge in [0.25, 0.3) is 0 Å². The zero-order chi connectivity index (χ0) is 45.9. The number of aromatic nitrogens is 8. The number of nitrogens with zero attached hydrogens (tertiary/aromatic N) is 8. The molecule has 0 aliphatic rings. The van der Waals surface area contributed by atoms with E-state index in [4.69, 9.17) is 19.9 Å². The lowest BCUT2D eigenvalue weighted by molar-refractivity contribution is 0.930. The Morgan fingerprint density at radius 2 is 0.829 bits per heavy atom. The normalized spacial score (nSPS) is 12.3. The van der Waals surface area contributed by atoms with E-state index in [1.807, 2.05) is 23.5 Å². The number of hydrogen-bond acceptors (Lipinski definition) is 5. The molecule has 10 heteroatoms. The number of thiophene rings is 1. The van der Waals surface area contributed by atoms with Gasteiger partial charge in [0.1, 0.15) is 5.82 Å². The van der Waals surface area contributed by atoms with Crippen molar-refractivity contribution in [2.75, 3.05) is 0 Å². The molecule has 0 saturated heterocycles. The van der Waals surface area contributed by atoms with Gasteiger partial charge in [-0.05, 0) is 81.4 Å². The van der Waals surface area contributed by atoms with Crippen LogP contribution in [-0.2, 0) is 0 Å². The second-order valence-corrected chi connectivity index (χ2v) is 22.8. The molecule has 0 unspecified atom stereocenters. The van der Waals surface area contributed by atoms with Gasteiger partial charge in [-0.25, -0.2) is 19.5 Å². The minimum absolute atomic E-state index is 0.513. The van der Waals surface area contributed by atoms with Crippen LogP contribution < -0.4 is 20.7 Å². The molecule has 0 amide bonds. The van der Waals surface area contributed by atoms with Gasteiger partial charge in [0.2, 0.25) is 17.5 Å². The highest BCUT2D eigenvalue weighted by Gasteiger charge is 2.41. The zero-order valence-corrected chi connectivity index (χ0v) is 39.2. The van der Waals surface area contributed by atoms with Gasteiger partial charge < -0.3 is 0 Å². The van der Waals surface area contributed by atoms with E-state index in [2.05, 4.69) is 236 Å². The van der Waals surface area contributed by atoms with Crippen molar-refractivity contribution in [3.63, 3.8) is 0 Å². The van der Waals surface area contributed by atoms with Crippen molar-refractivity contribution in [2.45, 2.75) is 0 Å². The predicted molar refractivity (Wildman–Crippen MR) is 290 cm³/mol. The summed E-state index contributed by atoms with van der Waals surface area (Å²) in [6, 6.07) is 83.1. The molecule has 0 saturated carbocycles. The average Bonchev–Trinajstić information content (AvgIpc) is 4.23. The molecule has 0 N–H and O–H groups in total. The van der Waals surface area contributed by atoms with Gasteiger partial charge in [0.15, 0.2) is 8.07 Å². The molecule has 15 rings (SSSR count). The molecule has 0 aliphatic heterocycles. The fraction of sp³-hybridized carbons (Fsp3) is 0. The molecule has 6 heterocycles. The highest BCUT2D eigenvalue weighted by molar-refractivity contribution is 7.26. The second kappa shape index (κ2) is 15.0. The first-order valence-electron chi connectivity index (χ1n) is 23.5. The number of para-hydroxylation sites is 8. The summed E-state index contributed by atoms with van der Waals surface area (Å²) in [5.41, 5.74) is 9.66. The Hall–Kier alpha value is -8.96. The number of rotatable bonds is 7. The summed E-state index contributed by atoms with van der Waals surface area (Å²) in [5, 5.41) is 7.87. The molecule has 0 fully saturated rings. The number of imidazole rings is 4. The molecule has 6 aromatic heterocycles. The Morgan fingerprint density at radius 3 is 1.47 bits per heavy atom. The van der Waals surface area contributed by atoms with Crippen LogP contribution in [-0.4, -0.2) is 45.9 Å². The fourth-order valence-electron chi connectivity index (χ4n) is 11.1. The van der Waals surface area contributed by atoms with Gasteiger partial charge in [0, 0.05) is 31.8 Å². The molecule has 8 nitrogen and oxygen atoms in total. The molecule has 328 valence electrons. The summed E-state index contributed by atoms with van der Waals surface area (Å²) in [6.45, 7) is 0. The molecule has 0 bridgehead atoms. The van der Waals surface area contributed by atoms with E-state index in [0.717, 1.165) is 66.9 Å². The minimum Gasteiger partial charge on any atom is -0.276 e. The summed E-state index contributed by atoms with van der Waals surface area (Å²) >= 11 is 1.86. The van der Waals surface area contributed by atoms with Crippen LogP contribution in [0.3, 0.4) is 0 Å². The summed E-state index contributed by atoms with van der Waals surface area (Å²) in [6.07, 6.45) is 0. The van der Waals surface area contributed by atoms with Crippen molar-refractivity contribution in [1.29, 1.82) is 0 Å². The third kappa shape index (κ3) is 5.56. The van der Waals surface area contributed by atoms with Crippen LogP contribution in [0.25, 0.3) is 98.9 Å². The van der Waals surface area contributed by atoms with Crippen LogP contribution in [0.5, 0.6) is 0 Å². The first-order valence-corrected chi connectivity index (χ1v) is 26.3. The third-order valence-corrected chi connectivity index (χ3v) is 20.1. The van der Waals surface area contributed by atoms with Crippen molar-refractivity contribution in [2.24, 2.45) is 0 Å². The molecule has 70 heavy (non-hydrogen) atoms. The highest BCUT2D eigenvalue weighted by atomic mass is 32.1. The number of fused-ring (bicyclic) bond motifs is 13. The van der Waals surface area contributed by atoms with Gasteiger partial charge in [-0.2, -0.15) is 4.98 Å². The van der Waals surface area contributed by atoms with Crippen molar-refractivity contribution in [3.05, 3.63) is 231 Å². The van der Waals surface area contributed by atoms with E-state index in [-0.39, 0.29) is 0 Å². The third-order valence-electron chi connectivity index (χ3n) is 14.2. The maximum atomic E-state index is 5.52. The first kappa shape index (κ1) is 39.1. The Labute approximate surface area is 405 Å². The lowest BCUT2D eigenvalue weighted by atomic mass is 10.1. The van der Waals surface area contributed by atoms with Crippen molar-refractivity contribution in [3.8, 4) is 23.0 Å². The highest BCUT2D eigenvalue weighted by Crippen LogP contribution is 2.35. The Balaban J connectivity index is 0.994. The SMILES string of the molecule is c1ccc([Si](c2ccccc2)(c2ccc(-c3cc(-n4c5ccccc5n5c6ccccc6nc45)nc(-n4c5ccccc5n5c6ccccc6nc45)n3)cc2)c2ccc3sc4ccccc4c3c2)cc1. The maximum absolute atomic E-state index is 5.52. The molecule has 0 radical (unpaired) electrons. The molecule has 0 spiro atoms. The van der Waals surface area contributed by atoms with E-state index in [1.54, 1.807) is 0 Å². The van der Waals surface area contributed by atoms with Crippen molar-refractivity contribution in [1.82, 2.24) is 37.9 Å². The molecule has 15 aromatic rings. The van der Waals surface area contributed by atoms with Gasteiger partial charge in [0.05, 0.1) is 49.8 Å². The molecular formula is C60H38N8SSi. The zero-order valence-electron chi connectivity index (χ0n) is 37.4. The van der Waals surface area contributed by atoms with Crippen molar-refractivity contribution >= 4 is 116 Å². The predicted octanol–water partition coefficient (Wildman–Crippen LogP) is 11.4. The molecule has 0 atom stereocenters. The van der Waals surface area contributed by atoms with E-state index in [9.17, 15) is 0 Å². The summed E-state index contributed by atoms with van der Waals surface area (Å²) in [4.78, 5) is 21.5. The molecule has 9 aromatic carbocycles. The number of benzene rings is 9. The Kier molecular flexibility index (Phi) is 8.38. The van der Waals surface area contributed by atoms with Crippen LogP contribution in [0, 0.1) is 0 Å². The fourth-order valence-corrected chi connectivity index (χ4v) is 17.0. The lowest BCUT2D eigenvalue weighted by Crippen LogP contribution is -2.74. The first-order chi connectivity index (χ1) is 34.7. The largest absolute Gasteiger partial charge is 0.276 e. The van der Waals surface area contributed by atoms with Crippen LogP contribution in [0.1, 0.15) is 0 Å². The topological polar surface area (TPSA) is 70.2 Å². The quantitative estimate of drug-likeness (QED) is 0.118. The smallest absolute Gasteiger partial charge is 0.239 e. The Morgan fingerprint density at radius 1 is 0.343 bits per heavy atom. The summed E-state index contributed by atoms with van der Waals surface area (Å²) in [5.74, 6) is 2.73. The van der Waals surface area contributed by atoms with Gasteiger partial charge in [-0.3, -0.25) is 13.4 Å². The van der Waals surface area contributed by atoms with Gasteiger partial charge >= 0.3 is 0 Å². The maximum Gasteiger partial charge on any atom is 0.239 e. The van der Waals surface area contributed by atoms with Crippen molar-refractivity contribution < 1.29 is 0 Å². The van der Waals surface area contributed by atoms with E-state index >= 15 is 0 Å². The average molecular weight is 931 g/mol. The lowest BCUT2D eigenvalue weighted by Gasteiger charge is -2.34. The standard InChI is InChI=1S/C60H38N8SSi/c1-3-17-40(18-4-1)70(41-19-5-2-6-20-41,43-35-36-56-45(37-43)44-21-7-16-30-55(44)69-56)42-33-31-39(32-34-42)48-38-57(67-53-28-14-12-26-51(53)65-49-24-10-8-22-46(49)62-59(65)67)64-58(61-48)68-54-29-15-13-27-52(54)66-50-25-11-9-23-47(50)63-60(66)68/h1-38H. The number of hydrogen-bond donors (Lipinski definition) is 0. The summed E-state index contributed by atoms with van der Waals surface area (Å²) < 4.78 is 11.3. The van der Waals surface area contributed by atoms with Crippen LogP contribution in [0.4, 0.5) is 0 Å². The monoisotopic (exact) mass is 930 g/mol. The Bertz CT molecular complexity index is 4340. The molecule has 0 aliphatic carbocycles. The van der Waals surface area contributed by atoms with E-state index < -0.39 is 8.07 Å². The van der Waals surface area contributed by atoms with Gasteiger partial charge in [-0.15, -0.1) is 11.3 Å².